The Morgan fingerprint density at radius 2 is 1.86 bits per heavy atom. The second-order valence-electron chi connectivity index (χ2n) is 5.69. The number of nitrogens with one attached hydrogen (secondary N) is 2. The van der Waals surface area contributed by atoms with E-state index < -0.39 is 17.2 Å². The van der Waals surface area contributed by atoms with Gasteiger partial charge in [-0.05, 0) is 31.0 Å². The average Bonchev–Trinajstić information content (AvgIpc) is 3.06. The number of amides is 3. The molecule has 0 atom stereocenters. The van der Waals surface area contributed by atoms with E-state index in [4.69, 9.17) is 5.73 Å². The Labute approximate surface area is 122 Å². The van der Waals surface area contributed by atoms with Crippen LogP contribution < -0.4 is 16.4 Å². The molecule has 2 aliphatic rings. The number of carbonyl (C=O) groups is 3. The zero-order valence-corrected chi connectivity index (χ0v) is 11.6. The summed E-state index contributed by atoms with van der Waals surface area (Å²) in [7, 11) is 0. The summed E-state index contributed by atoms with van der Waals surface area (Å²) in [6, 6.07) is 4.72. The average molecular weight is 287 g/mol. The first kappa shape index (κ1) is 13.8. The highest BCUT2D eigenvalue weighted by atomic mass is 16.2. The second kappa shape index (κ2) is 4.96. The summed E-state index contributed by atoms with van der Waals surface area (Å²) in [6.07, 6.45) is 3.59. The summed E-state index contributed by atoms with van der Waals surface area (Å²) in [5, 5.41) is 5.06. The van der Waals surface area contributed by atoms with Crippen molar-refractivity contribution in [1.82, 2.24) is 5.32 Å². The molecule has 1 aromatic carbocycles. The van der Waals surface area contributed by atoms with Crippen LogP contribution in [0.2, 0.25) is 0 Å². The fourth-order valence-corrected chi connectivity index (χ4v) is 3.08. The van der Waals surface area contributed by atoms with Gasteiger partial charge in [0.15, 0.2) is 0 Å². The van der Waals surface area contributed by atoms with Crippen LogP contribution in [-0.2, 0) is 4.79 Å². The Kier molecular flexibility index (Phi) is 3.25. The molecule has 21 heavy (non-hydrogen) atoms. The van der Waals surface area contributed by atoms with Crippen molar-refractivity contribution in [2.45, 2.75) is 25.7 Å². The maximum absolute atomic E-state index is 12.5. The van der Waals surface area contributed by atoms with Crippen LogP contribution in [0.1, 0.15) is 46.4 Å². The SMILES string of the molecule is NCC1(C(=O)Nc2ccc3c(c2)C(=O)NC3=O)CCCC1. The van der Waals surface area contributed by atoms with E-state index in [1.807, 2.05) is 0 Å². The molecule has 0 unspecified atom stereocenters. The van der Waals surface area contributed by atoms with E-state index in [0.717, 1.165) is 25.7 Å². The first-order valence-corrected chi connectivity index (χ1v) is 7.07. The van der Waals surface area contributed by atoms with Gasteiger partial charge in [0.2, 0.25) is 5.91 Å². The van der Waals surface area contributed by atoms with Crippen molar-refractivity contribution in [2.24, 2.45) is 11.1 Å². The van der Waals surface area contributed by atoms with Gasteiger partial charge in [0, 0.05) is 12.2 Å². The molecule has 0 saturated heterocycles. The lowest BCUT2D eigenvalue weighted by Gasteiger charge is -2.25. The minimum absolute atomic E-state index is 0.104. The molecule has 1 aliphatic heterocycles. The molecule has 6 heteroatoms. The lowest BCUT2D eigenvalue weighted by atomic mass is 9.85. The Hall–Kier alpha value is -2.21. The highest BCUT2D eigenvalue weighted by molar-refractivity contribution is 6.22. The van der Waals surface area contributed by atoms with Crippen molar-refractivity contribution < 1.29 is 14.4 Å². The maximum atomic E-state index is 12.5. The standard InChI is InChI=1S/C15H17N3O3/c16-8-15(5-1-2-6-15)14(21)17-9-3-4-10-11(7-9)13(20)18-12(10)19/h3-4,7H,1-2,5-6,8,16H2,(H,17,21)(H,18,19,20). The van der Waals surface area contributed by atoms with Crippen molar-refractivity contribution in [2.75, 3.05) is 11.9 Å². The normalized spacial score (nSPS) is 19.3. The highest BCUT2D eigenvalue weighted by Crippen LogP contribution is 2.38. The molecule has 0 radical (unpaired) electrons. The van der Waals surface area contributed by atoms with Crippen molar-refractivity contribution in [3.8, 4) is 0 Å². The first-order valence-electron chi connectivity index (χ1n) is 7.07. The van der Waals surface area contributed by atoms with E-state index in [2.05, 4.69) is 10.6 Å². The summed E-state index contributed by atoms with van der Waals surface area (Å²) < 4.78 is 0. The van der Waals surface area contributed by atoms with Crippen molar-refractivity contribution in [3.63, 3.8) is 0 Å². The number of fused-ring (bicyclic) bond motifs is 1. The molecule has 3 rings (SSSR count). The molecule has 1 fully saturated rings. The quantitative estimate of drug-likeness (QED) is 0.723. The summed E-state index contributed by atoms with van der Waals surface area (Å²) in [6.45, 7) is 0.322. The molecule has 0 bridgehead atoms. The van der Waals surface area contributed by atoms with E-state index in [0.29, 0.717) is 23.4 Å². The van der Waals surface area contributed by atoms with Crippen molar-refractivity contribution >= 4 is 23.4 Å². The van der Waals surface area contributed by atoms with E-state index in [-0.39, 0.29) is 5.91 Å². The Morgan fingerprint density at radius 3 is 2.52 bits per heavy atom. The van der Waals surface area contributed by atoms with Gasteiger partial charge in [-0.25, -0.2) is 0 Å². The first-order chi connectivity index (χ1) is 10.1. The minimum atomic E-state index is -0.503. The molecular formula is C15H17N3O3. The number of nitrogens with two attached hydrogens (primary N) is 1. The van der Waals surface area contributed by atoms with Gasteiger partial charge >= 0.3 is 0 Å². The highest BCUT2D eigenvalue weighted by Gasteiger charge is 2.40. The molecule has 1 saturated carbocycles. The number of anilines is 1. The van der Waals surface area contributed by atoms with Crippen LogP contribution in [0.3, 0.4) is 0 Å². The zero-order chi connectivity index (χ0) is 15.0. The van der Waals surface area contributed by atoms with Gasteiger partial charge in [-0.2, -0.15) is 0 Å². The Morgan fingerprint density at radius 1 is 1.19 bits per heavy atom. The molecular weight excluding hydrogens is 270 g/mol. The van der Waals surface area contributed by atoms with E-state index in [1.54, 1.807) is 12.1 Å². The third kappa shape index (κ3) is 2.21. The molecule has 0 aromatic heterocycles. The van der Waals surface area contributed by atoms with Crippen LogP contribution in [-0.4, -0.2) is 24.3 Å². The van der Waals surface area contributed by atoms with Crippen molar-refractivity contribution in [3.05, 3.63) is 29.3 Å². The molecule has 6 nitrogen and oxygen atoms in total. The molecule has 110 valence electrons. The summed E-state index contributed by atoms with van der Waals surface area (Å²) in [5.74, 6) is -0.935. The van der Waals surface area contributed by atoms with Gasteiger partial charge < -0.3 is 11.1 Å². The van der Waals surface area contributed by atoms with Crippen molar-refractivity contribution in [1.29, 1.82) is 0 Å². The summed E-state index contributed by atoms with van der Waals surface area (Å²) >= 11 is 0. The third-order valence-electron chi connectivity index (χ3n) is 4.43. The fraction of sp³-hybridized carbons (Fsp3) is 0.400. The van der Waals surface area contributed by atoms with Crippen LogP contribution in [0.5, 0.6) is 0 Å². The second-order valence-corrected chi connectivity index (χ2v) is 5.69. The Balaban J connectivity index is 1.83. The monoisotopic (exact) mass is 287 g/mol. The van der Waals surface area contributed by atoms with Gasteiger partial charge in [-0.1, -0.05) is 12.8 Å². The van der Waals surface area contributed by atoms with E-state index in [1.165, 1.54) is 6.07 Å². The molecule has 0 spiro atoms. The smallest absolute Gasteiger partial charge is 0.259 e. The van der Waals surface area contributed by atoms with Crippen LogP contribution in [0.15, 0.2) is 18.2 Å². The number of rotatable bonds is 3. The number of imide groups is 1. The van der Waals surface area contributed by atoms with Crippen LogP contribution in [0.25, 0.3) is 0 Å². The molecule has 1 aromatic rings. The topological polar surface area (TPSA) is 101 Å². The van der Waals surface area contributed by atoms with E-state index in [9.17, 15) is 14.4 Å². The minimum Gasteiger partial charge on any atom is -0.329 e. The summed E-state index contributed by atoms with van der Waals surface area (Å²) in [4.78, 5) is 35.6. The number of hydrogen-bond acceptors (Lipinski definition) is 4. The number of benzene rings is 1. The maximum Gasteiger partial charge on any atom is 0.259 e. The number of carbonyl (C=O) groups excluding carboxylic acids is 3. The van der Waals surface area contributed by atoms with Crippen LogP contribution in [0.4, 0.5) is 5.69 Å². The molecule has 1 heterocycles. The third-order valence-corrected chi connectivity index (χ3v) is 4.43. The lowest BCUT2D eigenvalue weighted by molar-refractivity contribution is -0.124. The van der Waals surface area contributed by atoms with Gasteiger partial charge in [-0.15, -0.1) is 0 Å². The lowest BCUT2D eigenvalue weighted by Crippen LogP contribution is -2.40. The molecule has 1 aliphatic carbocycles. The van der Waals surface area contributed by atoms with Crippen LogP contribution in [0, 0.1) is 5.41 Å². The van der Waals surface area contributed by atoms with Gasteiger partial charge in [0.05, 0.1) is 16.5 Å². The predicted molar refractivity (Wildman–Crippen MR) is 76.8 cm³/mol. The number of hydrogen-bond donors (Lipinski definition) is 3. The zero-order valence-electron chi connectivity index (χ0n) is 11.6. The molecule has 4 N–H and O–H groups in total. The van der Waals surface area contributed by atoms with Gasteiger partial charge in [0.25, 0.3) is 11.8 Å². The molecule has 3 amide bonds. The summed E-state index contributed by atoms with van der Waals surface area (Å²) in [5.41, 5.74) is 6.44. The van der Waals surface area contributed by atoms with Crippen LogP contribution >= 0.6 is 0 Å². The largest absolute Gasteiger partial charge is 0.329 e. The van der Waals surface area contributed by atoms with E-state index >= 15 is 0 Å². The van der Waals surface area contributed by atoms with Gasteiger partial charge in [0.1, 0.15) is 0 Å². The fourth-order valence-electron chi connectivity index (χ4n) is 3.08. The predicted octanol–water partition coefficient (Wildman–Crippen LogP) is 1.03. The van der Waals surface area contributed by atoms with Gasteiger partial charge in [-0.3, -0.25) is 19.7 Å². The Bertz CT molecular complexity index is 633.